The average molecular weight is 304 g/mol. The number of allylic oxidation sites excluding steroid dienone is 3. The smallest absolute Gasteiger partial charge is 0.158 e. The molecule has 0 aromatic rings. The second kappa shape index (κ2) is 6.31. The number of rotatable bonds is 4. The summed E-state index contributed by atoms with van der Waals surface area (Å²) in [5, 5.41) is 9.03. The minimum Gasteiger partial charge on any atom is -0.392 e. The van der Waals surface area contributed by atoms with Gasteiger partial charge in [0, 0.05) is 6.42 Å². The van der Waals surface area contributed by atoms with Crippen molar-refractivity contribution in [2.45, 2.75) is 73.1 Å². The Morgan fingerprint density at radius 1 is 1.32 bits per heavy atom. The third kappa shape index (κ3) is 3.08. The number of Topliss-reactive ketones (excluding diaryl/α,β-unsaturated/α-hetero) is 1. The van der Waals surface area contributed by atoms with Crippen LogP contribution in [0.3, 0.4) is 0 Å². The summed E-state index contributed by atoms with van der Waals surface area (Å²) in [5.74, 6) is 0.832. The van der Waals surface area contributed by atoms with Crippen molar-refractivity contribution >= 4 is 5.78 Å². The maximum atomic E-state index is 12.5. The maximum absolute atomic E-state index is 12.5. The van der Waals surface area contributed by atoms with E-state index in [1.54, 1.807) is 0 Å². The number of aliphatic hydroxyl groups is 1. The summed E-state index contributed by atoms with van der Waals surface area (Å²) in [6, 6.07) is 0. The molecule has 2 rings (SSSR count). The molecule has 0 aliphatic heterocycles. The maximum Gasteiger partial charge on any atom is 0.158 e. The largest absolute Gasteiger partial charge is 0.392 e. The summed E-state index contributed by atoms with van der Waals surface area (Å²) in [7, 11) is 0. The first-order valence-electron chi connectivity index (χ1n) is 8.72. The van der Waals surface area contributed by atoms with Gasteiger partial charge in [0.15, 0.2) is 5.78 Å². The molecule has 0 heterocycles. The van der Waals surface area contributed by atoms with E-state index in [0.717, 1.165) is 24.8 Å². The number of ketones is 1. The number of hydrogen-bond acceptors (Lipinski definition) is 2. The van der Waals surface area contributed by atoms with Crippen LogP contribution in [0.5, 0.6) is 0 Å². The first-order valence-corrected chi connectivity index (χ1v) is 8.72. The van der Waals surface area contributed by atoms with E-state index in [9.17, 15) is 4.79 Å². The van der Waals surface area contributed by atoms with Crippen molar-refractivity contribution in [3.63, 3.8) is 0 Å². The first kappa shape index (κ1) is 17.5. The lowest BCUT2D eigenvalue weighted by Crippen LogP contribution is -2.47. The highest BCUT2D eigenvalue weighted by Crippen LogP contribution is 2.59. The van der Waals surface area contributed by atoms with E-state index in [0.29, 0.717) is 11.7 Å². The molecule has 2 aliphatic rings. The number of fused-ring (bicyclic) bond motifs is 1. The predicted octanol–water partition coefficient (Wildman–Crippen LogP) is 4.83. The molecule has 2 aliphatic carbocycles. The molecule has 2 nitrogen and oxygen atoms in total. The van der Waals surface area contributed by atoms with Crippen LogP contribution in [0.25, 0.3) is 0 Å². The lowest BCUT2D eigenvalue weighted by molar-refractivity contribution is -0.122. The molecule has 124 valence electrons. The molecule has 0 amide bonds. The summed E-state index contributed by atoms with van der Waals surface area (Å²) in [5.41, 5.74) is 4.07. The van der Waals surface area contributed by atoms with Gasteiger partial charge in [0.05, 0.1) is 6.61 Å². The van der Waals surface area contributed by atoms with Gasteiger partial charge in [0.25, 0.3) is 0 Å². The van der Waals surface area contributed by atoms with Crippen LogP contribution in [0, 0.1) is 16.7 Å². The molecule has 2 atom stereocenters. The molecule has 0 aromatic heterocycles. The zero-order chi connectivity index (χ0) is 16.5. The van der Waals surface area contributed by atoms with Gasteiger partial charge < -0.3 is 5.11 Å². The quantitative estimate of drug-likeness (QED) is 0.755. The highest BCUT2D eigenvalue weighted by Gasteiger charge is 2.51. The fourth-order valence-corrected chi connectivity index (χ4v) is 4.97. The third-order valence-electron chi connectivity index (χ3n) is 6.39. The molecule has 0 aromatic carbocycles. The normalized spacial score (nSPS) is 32.2. The Kier molecular flexibility index (Phi) is 5.01. The second-order valence-electron chi connectivity index (χ2n) is 8.28. The first-order chi connectivity index (χ1) is 10.2. The van der Waals surface area contributed by atoms with Crippen molar-refractivity contribution in [1.82, 2.24) is 0 Å². The van der Waals surface area contributed by atoms with Crippen molar-refractivity contribution in [1.29, 1.82) is 0 Å². The Balaban J connectivity index is 2.34. The molecule has 0 radical (unpaired) electrons. The van der Waals surface area contributed by atoms with Crippen molar-refractivity contribution in [3.05, 3.63) is 22.8 Å². The minimum atomic E-state index is 0.107. The van der Waals surface area contributed by atoms with E-state index >= 15 is 0 Å². The summed E-state index contributed by atoms with van der Waals surface area (Å²) >= 11 is 0. The van der Waals surface area contributed by atoms with Gasteiger partial charge in [-0.05, 0) is 61.9 Å². The lowest BCUT2D eigenvalue weighted by Gasteiger charge is -2.54. The number of hydrogen-bond donors (Lipinski definition) is 1. The van der Waals surface area contributed by atoms with Crippen LogP contribution in [0.4, 0.5) is 0 Å². The fraction of sp³-hybridized carbons (Fsp3) is 0.750. The van der Waals surface area contributed by atoms with Crippen molar-refractivity contribution < 1.29 is 9.90 Å². The Hall–Kier alpha value is -0.890. The molecular formula is C20H32O2. The topological polar surface area (TPSA) is 37.3 Å². The molecule has 0 bridgehead atoms. The minimum absolute atomic E-state index is 0.107. The van der Waals surface area contributed by atoms with Crippen molar-refractivity contribution in [2.75, 3.05) is 6.61 Å². The van der Waals surface area contributed by atoms with E-state index in [-0.39, 0.29) is 17.4 Å². The number of carbonyl (C=O) groups is 1. The Morgan fingerprint density at radius 2 is 2.00 bits per heavy atom. The molecule has 2 unspecified atom stereocenters. The van der Waals surface area contributed by atoms with Gasteiger partial charge in [-0.25, -0.2) is 0 Å². The SMILES string of the molecule is CC(=CCO)CCC1=C(C)C(=O)CC2C(C)(C)CCCC12C. The lowest BCUT2D eigenvalue weighted by atomic mass is 9.49. The van der Waals surface area contributed by atoms with Crippen LogP contribution in [0.2, 0.25) is 0 Å². The fourth-order valence-electron chi connectivity index (χ4n) is 4.97. The van der Waals surface area contributed by atoms with Crippen LogP contribution in [-0.2, 0) is 4.79 Å². The van der Waals surface area contributed by atoms with Gasteiger partial charge in [0.2, 0.25) is 0 Å². The molecule has 0 saturated heterocycles. The predicted molar refractivity (Wildman–Crippen MR) is 91.6 cm³/mol. The standard InChI is InChI=1S/C20H32O2/c1-14(9-12-21)7-8-16-15(2)17(22)13-18-19(3,4)10-6-11-20(16,18)5/h9,18,21H,6-8,10-13H2,1-5H3. The van der Waals surface area contributed by atoms with E-state index in [1.165, 1.54) is 30.4 Å². The monoisotopic (exact) mass is 304 g/mol. The van der Waals surface area contributed by atoms with Gasteiger partial charge in [-0.3, -0.25) is 4.79 Å². The molecule has 22 heavy (non-hydrogen) atoms. The van der Waals surface area contributed by atoms with Crippen molar-refractivity contribution in [3.8, 4) is 0 Å². The van der Waals surface area contributed by atoms with E-state index in [1.807, 2.05) is 13.0 Å². The van der Waals surface area contributed by atoms with Gasteiger partial charge in [0.1, 0.15) is 0 Å². The van der Waals surface area contributed by atoms with Crippen molar-refractivity contribution in [2.24, 2.45) is 16.7 Å². The van der Waals surface area contributed by atoms with Gasteiger partial charge in [-0.1, -0.05) is 44.4 Å². The third-order valence-corrected chi connectivity index (χ3v) is 6.39. The molecule has 1 N–H and O–H groups in total. The van der Waals surface area contributed by atoms with Gasteiger partial charge in [-0.2, -0.15) is 0 Å². The number of carbonyl (C=O) groups excluding carboxylic acids is 1. The Labute approximate surface area is 135 Å². The van der Waals surface area contributed by atoms with Crippen LogP contribution in [0.15, 0.2) is 22.8 Å². The van der Waals surface area contributed by atoms with Gasteiger partial charge >= 0.3 is 0 Å². The zero-order valence-electron chi connectivity index (χ0n) is 15.0. The van der Waals surface area contributed by atoms with Crippen LogP contribution >= 0.6 is 0 Å². The van der Waals surface area contributed by atoms with Crippen LogP contribution in [0.1, 0.15) is 73.1 Å². The van der Waals surface area contributed by atoms with Gasteiger partial charge in [-0.15, -0.1) is 0 Å². The molecular weight excluding hydrogens is 272 g/mol. The summed E-state index contributed by atoms with van der Waals surface area (Å²) in [6.07, 6.45) is 8.22. The molecule has 1 fully saturated rings. The molecule has 2 heteroatoms. The van der Waals surface area contributed by atoms with Crippen LogP contribution in [-0.4, -0.2) is 17.5 Å². The van der Waals surface area contributed by atoms with E-state index < -0.39 is 0 Å². The van der Waals surface area contributed by atoms with E-state index in [4.69, 9.17) is 5.11 Å². The molecule has 0 spiro atoms. The van der Waals surface area contributed by atoms with Crippen LogP contribution < -0.4 is 0 Å². The summed E-state index contributed by atoms with van der Waals surface area (Å²) < 4.78 is 0. The Morgan fingerprint density at radius 3 is 2.64 bits per heavy atom. The summed E-state index contributed by atoms with van der Waals surface area (Å²) in [4.78, 5) is 12.5. The average Bonchev–Trinajstić information content (AvgIpc) is 2.41. The second-order valence-corrected chi connectivity index (χ2v) is 8.28. The Bertz CT molecular complexity index is 510. The van der Waals surface area contributed by atoms with E-state index in [2.05, 4.69) is 27.7 Å². The zero-order valence-corrected chi connectivity index (χ0v) is 15.0. The highest BCUT2D eigenvalue weighted by molar-refractivity contribution is 5.97. The summed E-state index contributed by atoms with van der Waals surface area (Å²) in [6.45, 7) is 11.3. The highest BCUT2D eigenvalue weighted by atomic mass is 16.2. The molecule has 1 saturated carbocycles. The number of aliphatic hydroxyl groups excluding tert-OH is 1.